The van der Waals surface area contributed by atoms with Crippen molar-refractivity contribution < 1.29 is 4.42 Å². The van der Waals surface area contributed by atoms with E-state index < -0.39 is 0 Å². The molecule has 2 heterocycles. The van der Waals surface area contributed by atoms with Crippen molar-refractivity contribution >= 4 is 0 Å². The van der Waals surface area contributed by atoms with Gasteiger partial charge >= 0.3 is 0 Å². The highest BCUT2D eigenvalue weighted by Gasteiger charge is 2.11. The number of rotatable bonds is 8. The van der Waals surface area contributed by atoms with Crippen molar-refractivity contribution in [3.8, 4) is 0 Å². The Bertz CT molecular complexity index is 530. The van der Waals surface area contributed by atoms with E-state index in [1.54, 1.807) is 6.26 Å². The predicted octanol–water partition coefficient (Wildman–Crippen LogP) is 2.54. The summed E-state index contributed by atoms with van der Waals surface area (Å²) in [5.74, 6) is 2.94. The Labute approximate surface area is 120 Å². The van der Waals surface area contributed by atoms with E-state index in [4.69, 9.17) is 4.42 Å². The zero-order valence-electron chi connectivity index (χ0n) is 12.6. The molecule has 5 heteroatoms. The molecule has 2 aromatic rings. The second-order valence-electron chi connectivity index (χ2n) is 4.85. The maximum Gasteiger partial charge on any atom is 0.150 e. The molecule has 1 N–H and O–H groups in total. The average molecular weight is 276 g/mol. The minimum atomic E-state index is 0.732. The van der Waals surface area contributed by atoms with E-state index in [2.05, 4.69) is 36.2 Å². The Morgan fingerprint density at radius 3 is 2.80 bits per heavy atom. The molecule has 0 aliphatic heterocycles. The molecule has 0 amide bonds. The first-order valence-electron chi connectivity index (χ1n) is 7.47. The molecule has 2 aromatic heterocycles. The quantitative estimate of drug-likeness (QED) is 0.753. The van der Waals surface area contributed by atoms with Gasteiger partial charge in [-0.25, -0.2) is 9.67 Å². The first-order chi connectivity index (χ1) is 9.78. The number of hydrogen-bond donors (Lipinski definition) is 1. The van der Waals surface area contributed by atoms with E-state index in [0.29, 0.717) is 0 Å². The number of aryl methyl sites for hydroxylation is 2. The fourth-order valence-corrected chi connectivity index (χ4v) is 2.17. The maximum absolute atomic E-state index is 5.57. The topological polar surface area (TPSA) is 55.9 Å². The second-order valence-corrected chi connectivity index (χ2v) is 4.85. The van der Waals surface area contributed by atoms with Gasteiger partial charge in [0.15, 0.2) is 5.82 Å². The lowest BCUT2D eigenvalue weighted by molar-refractivity contribution is 0.474. The summed E-state index contributed by atoms with van der Waals surface area (Å²) in [5, 5.41) is 7.93. The number of furan rings is 1. The molecule has 0 aromatic carbocycles. The molecule has 0 saturated heterocycles. The van der Waals surface area contributed by atoms with Gasteiger partial charge in [-0.2, -0.15) is 5.10 Å². The van der Waals surface area contributed by atoms with Gasteiger partial charge in [-0.1, -0.05) is 20.8 Å². The largest absolute Gasteiger partial charge is 0.468 e. The Kier molecular flexibility index (Phi) is 5.35. The molecule has 20 heavy (non-hydrogen) atoms. The highest BCUT2D eigenvalue weighted by Crippen LogP contribution is 2.13. The SMILES string of the molecule is CCCNCc1occc1Cn1nc(CC)nc1CC. The lowest BCUT2D eigenvalue weighted by Gasteiger charge is -2.06. The number of aromatic nitrogens is 3. The fourth-order valence-electron chi connectivity index (χ4n) is 2.17. The highest BCUT2D eigenvalue weighted by molar-refractivity contribution is 5.17. The second kappa shape index (κ2) is 7.24. The Hall–Kier alpha value is -1.62. The van der Waals surface area contributed by atoms with Gasteiger partial charge in [-0.15, -0.1) is 0 Å². The van der Waals surface area contributed by atoms with Crippen LogP contribution in [0.25, 0.3) is 0 Å². The molecule has 2 rings (SSSR count). The average Bonchev–Trinajstić information content (AvgIpc) is 3.06. The van der Waals surface area contributed by atoms with Crippen molar-refractivity contribution in [3.05, 3.63) is 35.3 Å². The first kappa shape index (κ1) is 14.8. The summed E-state index contributed by atoms with van der Waals surface area (Å²) in [7, 11) is 0. The van der Waals surface area contributed by atoms with Gasteiger partial charge in [0, 0.05) is 18.4 Å². The van der Waals surface area contributed by atoms with Crippen molar-refractivity contribution in [2.75, 3.05) is 6.54 Å². The molecule has 0 bridgehead atoms. The van der Waals surface area contributed by atoms with Crippen molar-refractivity contribution in [2.24, 2.45) is 0 Å². The maximum atomic E-state index is 5.57. The van der Waals surface area contributed by atoms with Gasteiger partial charge in [0.2, 0.25) is 0 Å². The molecule has 5 nitrogen and oxygen atoms in total. The summed E-state index contributed by atoms with van der Waals surface area (Å²) in [5.41, 5.74) is 1.18. The third-order valence-corrected chi connectivity index (χ3v) is 3.29. The van der Waals surface area contributed by atoms with Crippen molar-refractivity contribution in [1.82, 2.24) is 20.1 Å². The van der Waals surface area contributed by atoms with Crippen LogP contribution in [0.2, 0.25) is 0 Å². The Morgan fingerprint density at radius 2 is 2.10 bits per heavy atom. The van der Waals surface area contributed by atoms with E-state index in [-0.39, 0.29) is 0 Å². The standard InChI is InChI=1S/C15H24N4O/c1-4-8-16-10-13-12(7-9-20-13)11-19-15(6-3)17-14(5-2)18-19/h7,9,16H,4-6,8,10-11H2,1-3H3. The highest BCUT2D eigenvalue weighted by atomic mass is 16.3. The fraction of sp³-hybridized carbons (Fsp3) is 0.600. The molecule has 110 valence electrons. The predicted molar refractivity (Wildman–Crippen MR) is 78.6 cm³/mol. The molecule has 0 spiro atoms. The summed E-state index contributed by atoms with van der Waals surface area (Å²) < 4.78 is 7.56. The van der Waals surface area contributed by atoms with Gasteiger partial charge in [-0.05, 0) is 19.0 Å². The Balaban J connectivity index is 2.09. The number of hydrogen-bond acceptors (Lipinski definition) is 4. The lowest BCUT2D eigenvalue weighted by Crippen LogP contribution is -2.15. The molecule has 0 radical (unpaired) electrons. The molecule has 0 atom stereocenters. The van der Waals surface area contributed by atoms with E-state index in [0.717, 1.165) is 56.3 Å². The molecule has 0 saturated carbocycles. The van der Waals surface area contributed by atoms with Crippen LogP contribution in [-0.4, -0.2) is 21.3 Å². The van der Waals surface area contributed by atoms with E-state index >= 15 is 0 Å². The van der Waals surface area contributed by atoms with Gasteiger partial charge < -0.3 is 9.73 Å². The minimum absolute atomic E-state index is 0.732. The summed E-state index contributed by atoms with van der Waals surface area (Å²) >= 11 is 0. The summed E-state index contributed by atoms with van der Waals surface area (Å²) in [6, 6.07) is 2.02. The third kappa shape index (κ3) is 3.48. The van der Waals surface area contributed by atoms with E-state index in [1.165, 1.54) is 5.56 Å². The van der Waals surface area contributed by atoms with E-state index in [9.17, 15) is 0 Å². The van der Waals surface area contributed by atoms with Gasteiger partial charge in [0.05, 0.1) is 19.4 Å². The van der Waals surface area contributed by atoms with Crippen LogP contribution in [0.3, 0.4) is 0 Å². The van der Waals surface area contributed by atoms with Gasteiger partial charge in [-0.3, -0.25) is 0 Å². The van der Waals surface area contributed by atoms with E-state index in [1.807, 2.05) is 10.7 Å². The normalized spacial score (nSPS) is 11.2. The van der Waals surface area contributed by atoms with Crippen LogP contribution in [0.4, 0.5) is 0 Å². The van der Waals surface area contributed by atoms with Crippen molar-refractivity contribution in [3.63, 3.8) is 0 Å². The summed E-state index contributed by atoms with van der Waals surface area (Å²) in [6.45, 7) is 8.85. The zero-order valence-corrected chi connectivity index (χ0v) is 12.6. The number of nitrogens with one attached hydrogen (secondary N) is 1. The molecular formula is C15H24N4O. The van der Waals surface area contributed by atoms with Crippen LogP contribution < -0.4 is 5.32 Å². The lowest BCUT2D eigenvalue weighted by atomic mass is 10.2. The van der Waals surface area contributed by atoms with Gasteiger partial charge in [0.25, 0.3) is 0 Å². The van der Waals surface area contributed by atoms with Crippen LogP contribution in [-0.2, 0) is 25.9 Å². The molecule has 0 aliphatic rings. The smallest absolute Gasteiger partial charge is 0.150 e. The van der Waals surface area contributed by atoms with Crippen LogP contribution >= 0.6 is 0 Å². The van der Waals surface area contributed by atoms with Crippen LogP contribution in [0.15, 0.2) is 16.7 Å². The third-order valence-electron chi connectivity index (χ3n) is 3.29. The zero-order chi connectivity index (χ0) is 14.4. The molecular weight excluding hydrogens is 252 g/mol. The molecule has 0 unspecified atom stereocenters. The molecule has 0 fully saturated rings. The molecule has 0 aliphatic carbocycles. The Morgan fingerprint density at radius 1 is 1.25 bits per heavy atom. The monoisotopic (exact) mass is 276 g/mol. The number of nitrogens with zero attached hydrogens (tertiary/aromatic N) is 3. The first-order valence-corrected chi connectivity index (χ1v) is 7.47. The van der Waals surface area contributed by atoms with Crippen LogP contribution in [0, 0.1) is 0 Å². The van der Waals surface area contributed by atoms with Crippen LogP contribution in [0.1, 0.15) is 50.2 Å². The van der Waals surface area contributed by atoms with Crippen LogP contribution in [0.5, 0.6) is 0 Å². The van der Waals surface area contributed by atoms with Crippen molar-refractivity contribution in [2.45, 2.75) is 53.1 Å². The summed E-state index contributed by atoms with van der Waals surface area (Å²) in [4.78, 5) is 4.54. The van der Waals surface area contributed by atoms with Crippen molar-refractivity contribution in [1.29, 1.82) is 0 Å². The summed E-state index contributed by atoms with van der Waals surface area (Å²) in [6.07, 6.45) is 4.64. The van der Waals surface area contributed by atoms with Gasteiger partial charge in [0.1, 0.15) is 11.6 Å². The minimum Gasteiger partial charge on any atom is -0.468 e.